The van der Waals surface area contributed by atoms with Gasteiger partial charge in [0.15, 0.2) is 0 Å². The van der Waals surface area contributed by atoms with E-state index in [0.717, 1.165) is 10.0 Å². The largest absolute Gasteiger partial charge is 0.508 e. The number of benzene rings is 1. The molecule has 1 aromatic carbocycles. The summed E-state index contributed by atoms with van der Waals surface area (Å²) in [6.45, 7) is 0. The van der Waals surface area contributed by atoms with E-state index in [0.29, 0.717) is 11.7 Å². The molecule has 1 aliphatic rings. The molecule has 0 spiro atoms. The third kappa shape index (κ3) is 1.86. The van der Waals surface area contributed by atoms with E-state index in [1.54, 1.807) is 6.07 Å². The van der Waals surface area contributed by atoms with Crippen LogP contribution in [-0.4, -0.2) is 5.11 Å². The average molecular weight is 242 g/mol. The van der Waals surface area contributed by atoms with Crippen LogP contribution in [0.25, 0.3) is 0 Å². The van der Waals surface area contributed by atoms with E-state index < -0.39 is 0 Å². The first kappa shape index (κ1) is 9.03. The van der Waals surface area contributed by atoms with Gasteiger partial charge in [0.1, 0.15) is 5.75 Å². The van der Waals surface area contributed by atoms with Gasteiger partial charge in [0.2, 0.25) is 0 Å². The van der Waals surface area contributed by atoms with Crippen molar-refractivity contribution in [2.45, 2.75) is 18.9 Å². The number of hydrogen-bond acceptors (Lipinski definition) is 2. The molecule has 1 atom stereocenters. The molecule has 13 heavy (non-hydrogen) atoms. The maximum atomic E-state index is 9.63. The van der Waals surface area contributed by atoms with E-state index in [1.807, 2.05) is 12.1 Å². The molecule has 1 aliphatic carbocycles. The van der Waals surface area contributed by atoms with Crippen molar-refractivity contribution in [3.05, 3.63) is 28.2 Å². The fraction of sp³-hybridized carbons (Fsp3) is 0.400. The molecule has 1 saturated carbocycles. The summed E-state index contributed by atoms with van der Waals surface area (Å²) in [4.78, 5) is 0. The highest BCUT2D eigenvalue weighted by atomic mass is 79.9. The lowest BCUT2D eigenvalue weighted by Gasteiger charge is -2.12. The van der Waals surface area contributed by atoms with Gasteiger partial charge in [0.05, 0.1) is 0 Å². The van der Waals surface area contributed by atoms with Crippen LogP contribution in [0, 0.1) is 5.92 Å². The Balaban J connectivity index is 2.28. The minimum Gasteiger partial charge on any atom is -0.508 e. The van der Waals surface area contributed by atoms with Gasteiger partial charge in [0, 0.05) is 16.1 Å². The molecule has 3 heteroatoms. The van der Waals surface area contributed by atoms with E-state index in [2.05, 4.69) is 15.9 Å². The van der Waals surface area contributed by atoms with Crippen LogP contribution >= 0.6 is 15.9 Å². The normalized spacial score (nSPS) is 18.6. The highest BCUT2D eigenvalue weighted by molar-refractivity contribution is 9.10. The first-order valence-electron chi connectivity index (χ1n) is 4.42. The van der Waals surface area contributed by atoms with Crippen LogP contribution in [0.15, 0.2) is 22.7 Å². The lowest BCUT2D eigenvalue weighted by atomic mass is 10.0. The zero-order chi connectivity index (χ0) is 9.42. The molecule has 0 unspecified atom stereocenters. The van der Waals surface area contributed by atoms with E-state index in [-0.39, 0.29) is 6.04 Å². The Morgan fingerprint density at radius 1 is 1.46 bits per heavy atom. The molecule has 1 aromatic rings. The lowest BCUT2D eigenvalue weighted by Crippen LogP contribution is -2.12. The Bertz CT molecular complexity index is 323. The zero-order valence-corrected chi connectivity index (χ0v) is 8.79. The first-order chi connectivity index (χ1) is 6.18. The number of halogens is 1. The second kappa shape index (κ2) is 3.31. The maximum Gasteiger partial charge on any atom is 0.121 e. The monoisotopic (exact) mass is 241 g/mol. The molecule has 0 heterocycles. The summed E-state index contributed by atoms with van der Waals surface area (Å²) in [6, 6.07) is 5.50. The van der Waals surface area contributed by atoms with Crippen molar-refractivity contribution < 1.29 is 5.11 Å². The van der Waals surface area contributed by atoms with Gasteiger partial charge in [-0.25, -0.2) is 0 Å². The first-order valence-corrected chi connectivity index (χ1v) is 5.22. The van der Waals surface area contributed by atoms with Crippen LogP contribution in [-0.2, 0) is 0 Å². The summed E-state index contributed by atoms with van der Waals surface area (Å²) >= 11 is 3.30. The molecular weight excluding hydrogens is 230 g/mol. The number of phenols is 1. The Labute approximate surface area is 85.9 Å². The number of aromatic hydroxyl groups is 1. The summed E-state index contributed by atoms with van der Waals surface area (Å²) in [5.41, 5.74) is 6.84. The fourth-order valence-electron chi connectivity index (χ4n) is 1.51. The Morgan fingerprint density at radius 2 is 2.15 bits per heavy atom. The van der Waals surface area contributed by atoms with Crippen LogP contribution < -0.4 is 5.73 Å². The second-order valence-electron chi connectivity index (χ2n) is 3.57. The lowest BCUT2D eigenvalue weighted by molar-refractivity contribution is 0.456. The van der Waals surface area contributed by atoms with Crippen molar-refractivity contribution in [2.75, 3.05) is 0 Å². The van der Waals surface area contributed by atoms with Crippen LogP contribution in [0.3, 0.4) is 0 Å². The van der Waals surface area contributed by atoms with Crippen LogP contribution in [0.1, 0.15) is 24.4 Å². The van der Waals surface area contributed by atoms with Gasteiger partial charge < -0.3 is 10.8 Å². The van der Waals surface area contributed by atoms with E-state index in [9.17, 15) is 5.11 Å². The fourth-order valence-corrected chi connectivity index (χ4v) is 1.86. The molecule has 1 fully saturated rings. The molecule has 70 valence electrons. The van der Waals surface area contributed by atoms with E-state index >= 15 is 0 Å². The van der Waals surface area contributed by atoms with Crippen molar-refractivity contribution in [1.82, 2.24) is 0 Å². The quantitative estimate of drug-likeness (QED) is 0.837. The highest BCUT2D eigenvalue weighted by Crippen LogP contribution is 2.42. The number of hydrogen-bond donors (Lipinski definition) is 2. The SMILES string of the molecule is N[C@H](c1ccc(Br)cc1O)C1CC1. The van der Waals surface area contributed by atoms with Crippen molar-refractivity contribution in [3.63, 3.8) is 0 Å². The number of nitrogens with two attached hydrogens (primary N) is 1. The second-order valence-corrected chi connectivity index (χ2v) is 4.48. The molecule has 0 aromatic heterocycles. The molecule has 3 N–H and O–H groups in total. The predicted octanol–water partition coefficient (Wildman–Crippen LogP) is 2.56. The van der Waals surface area contributed by atoms with Gasteiger partial charge in [-0.05, 0) is 30.9 Å². The summed E-state index contributed by atoms with van der Waals surface area (Å²) in [7, 11) is 0. The molecule has 0 saturated heterocycles. The van der Waals surface area contributed by atoms with Gasteiger partial charge in [-0.15, -0.1) is 0 Å². The molecule has 2 nitrogen and oxygen atoms in total. The third-order valence-electron chi connectivity index (χ3n) is 2.48. The van der Waals surface area contributed by atoms with Gasteiger partial charge in [0.25, 0.3) is 0 Å². The van der Waals surface area contributed by atoms with Crippen LogP contribution in [0.5, 0.6) is 5.75 Å². The van der Waals surface area contributed by atoms with Gasteiger partial charge >= 0.3 is 0 Å². The minimum atomic E-state index is 0.00750. The summed E-state index contributed by atoms with van der Waals surface area (Å²) in [5.74, 6) is 0.876. The Morgan fingerprint density at radius 3 is 2.69 bits per heavy atom. The molecular formula is C10H12BrNO. The summed E-state index contributed by atoms with van der Waals surface area (Å²) < 4.78 is 0.886. The van der Waals surface area contributed by atoms with Crippen molar-refractivity contribution in [2.24, 2.45) is 11.7 Å². The third-order valence-corrected chi connectivity index (χ3v) is 2.97. The minimum absolute atomic E-state index is 0.00750. The Kier molecular flexibility index (Phi) is 2.30. The van der Waals surface area contributed by atoms with Crippen molar-refractivity contribution in [1.29, 1.82) is 0 Å². The van der Waals surface area contributed by atoms with E-state index in [1.165, 1.54) is 12.8 Å². The highest BCUT2D eigenvalue weighted by Gasteiger charge is 2.30. The zero-order valence-electron chi connectivity index (χ0n) is 7.20. The van der Waals surface area contributed by atoms with Crippen molar-refractivity contribution in [3.8, 4) is 5.75 Å². The molecule has 0 bridgehead atoms. The summed E-state index contributed by atoms with van der Waals surface area (Å²) in [5, 5.41) is 9.63. The molecule has 0 radical (unpaired) electrons. The molecule has 0 aliphatic heterocycles. The van der Waals surface area contributed by atoms with Crippen molar-refractivity contribution >= 4 is 15.9 Å². The number of rotatable bonds is 2. The molecule has 0 amide bonds. The maximum absolute atomic E-state index is 9.63. The van der Waals surface area contributed by atoms with E-state index in [4.69, 9.17) is 5.73 Å². The van der Waals surface area contributed by atoms with Crippen LogP contribution in [0.4, 0.5) is 0 Å². The molecule has 2 rings (SSSR count). The topological polar surface area (TPSA) is 46.2 Å². The van der Waals surface area contributed by atoms with Gasteiger partial charge in [-0.3, -0.25) is 0 Å². The van der Waals surface area contributed by atoms with Crippen LogP contribution in [0.2, 0.25) is 0 Å². The summed E-state index contributed by atoms with van der Waals surface area (Å²) in [6.07, 6.45) is 2.38. The average Bonchev–Trinajstić information content (AvgIpc) is 2.85. The standard InChI is InChI=1S/C10H12BrNO/c11-7-3-4-8(9(13)5-7)10(12)6-1-2-6/h3-6,10,13H,1-2,12H2/t10-/m0/s1. The van der Waals surface area contributed by atoms with Gasteiger partial charge in [-0.1, -0.05) is 22.0 Å². The Hall–Kier alpha value is -0.540. The predicted molar refractivity (Wildman–Crippen MR) is 55.5 cm³/mol. The van der Waals surface area contributed by atoms with Gasteiger partial charge in [-0.2, -0.15) is 0 Å². The smallest absolute Gasteiger partial charge is 0.121 e. The number of phenolic OH excluding ortho intramolecular Hbond substituents is 1.